The summed E-state index contributed by atoms with van der Waals surface area (Å²) in [4.78, 5) is 40.9. The summed E-state index contributed by atoms with van der Waals surface area (Å²) >= 11 is 0. The van der Waals surface area contributed by atoms with Gasteiger partial charge in [0.05, 0.1) is 22.1 Å². The van der Waals surface area contributed by atoms with Crippen LogP contribution in [-0.4, -0.2) is 41.2 Å². The Morgan fingerprint density at radius 3 is 2.67 bits per heavy atom. The number of benzene rings is 2. The molecule has 186 valence electrons. The second-order valence-corrected chi connectivity index (χ2v) is 8.46. The average Bonchev–Trinajstić information content (AvgIpc) is 2.85. The number of pyridine rings is 1. The summed E-state index contributed by atoms with van der Waals surface area (Å²) in [5.41, 5.74) is 2.34. The smallest absolute Gasteiger partial charge is 0.433 e. The van der Waals surface area contributed by atoms with E-state index in [4.69, 9.17) is 9.47 Å². The van der Waals surface area contributed by atoms with Gasteiger partial charge in [0.2, 0.25) is 0 Å². The number of carbonyl (C=O) groups is 1. The number of nitro benzene ring substituents is 1. The first-order chi connectivity index (χ1) is 17.3. The van der Waals surface area contributed by atoms with Crippen LogP contribution in [0, 0.1) is 10.1 Å². The standard InChI is InChI=1S/C26H26N4O6/c1-17-24(36-26(32)35-14-13-29(2)16-18-7-4-3-5-8-18)22(19-9-6-10-20(15-19)30(33)34)23-21(28-17)11-12-27-25(23)31/h3-12,15,22,28H,13-14,16H2,1-2H3,(H,27,31). The molecule has 1 unspecified atom stereocenters. The molecule has 10 heteroatoms. The number of ether oxygens (including phenoxy) is 2. The molecule has 0 bridgehead atoms. The number of nitrogens with one attached hydrogen (secondary N) is 2. The van der Waals surface area contributed by atoms with Crippen LogP contribution >= 0.6 is 0 Å². The third-order valence-corrected chi connectivity index (χ3v) is 5.84. The molecule has 0 amide bonds. The molecule has 0 fully saturated rings. The molecule has 0 radical (unpaired) electrons. The van der Waals surface area contributed by atoms with E-state index in [9.17, 15) is 19.7 Å². The Morgan fingerprint density at radius 1 is 1.14 bits per heavy atom. The molecule has 10 nitrogen and oxygen atoms in total. The van der Waals surface area contributed by atoms with Crippen molar-refractivity contribution in [2.45, 2.75) is 19.4 Å². The minimum absolute atomic E-state index is 0.0978. The molecule has 3 aromatic rings. The van der Waals surface area contributed by atoms with E-state index in [0.29, 0.717) is 30.0 Å². The number of non-ortho nitro benzene ring substituents is 1. The number of likely N-dealkylation sites (N-methyl/N-ethyl adjacent to an activating group) is 1. The van der Waals surface area contributed by atoms with Crippen LogP contribution in [0.1, 0.15) is 29.5 Å². The number of carbonyl (C=O) groups excluding carboxylic acids is 1. The number of nitro groups is 1. The van der Waals surface area contributed by atoms with E-state index in [1.54, 1.807) is 19.1 Å². The van der Waals surface area contributed by atoms with Crippen molar-refractivity contribution in [3.8, 4) is 0 Å². The van der Waals surface area contributed by atoms with Gasteiger partial charge < -0.3 is 19.8 Å². The number of hydrogen-bond donors (Lipinski definition) is 2. The number of anilines is 1. The van der Waals surface area contributed by atoms with Crippen molar-refractivity contribution < 1.29 is 19.2 Å². The Morgan fingerprint density at radius 2 is 1.92 bits per heavy atom. The van der Waals surface area contributed by atoms with Gasteiger partial charge in [0.25, 0.3) is 11.2 Å². The first kappa shape index (κ1) is 24.7. The van der Waals surface area contributed by atoms with Crippen molar-refractivity contribution in [2.75, 3.05) is 25.5 Å². The van der Waals surface area contributed by atoms with E-state index in [1.165, 1.54) is 24.4 Å². The quantitative estimate of drug-likeness (QED) is 0.271. The maximum absolute atomic E-state index is 12.8. The molecule has 2 heterocycles. The largest absolute Gasteiger partial charge is 0.513 e. The highest BCUT2D eigenvalue weighted by molar-refractivity contribution is 5.68. The van der Waals surface area contributed by atoms with E-state index in [0.717, 1.165) is 5.56 Å². The maximum Gasteiger partial charge on any atom is 0.513 e. The first-order valence-electron chi connectivity index (χ1n) is 11.3. The summed E-state index contributed by atoms with van der Waals surface area (Å²) in [6.07, 6.45) is 0.573. The summed E-state index contributed by atoms with van der Waals surface area (Å²) in [7, 11) is 1.92. The highest BCUT2D eigenvalue weighted by atomic mass is 16.7. The predicted octanol–water partition coefficient (Wildman–Crippen LogP) is 4.36. The number of rotatable bonds is 8. The van der Waals surface area contributed by atoms with Gasteiger partial charge in [0, 0.05) is 37.1 Å². The maximum atomic E-state index is 12.8. The lowest BCUT2D eigenvalue weighted by Gasteiger charge is -2.29. The molecule has 0 aliphatic carbocycles. The van der Waals surface area contributed by atoms with E-state index in [1.807, 2.05) is 42.3 Å². The minimum atomic E-state index is -0.925. The fraction of sp³-hybridized carbons (Fsp3) is 0.231. The third kappa shape index (κ3) is 5.61. The molecule has 1 aliphatic rings. The lowest BCUT2D eigenvalue weighted by atomic mass is 9.86. The molecule has 1 aromatic heterocycles. The van der Waals surface area contributed by atoms with E-state index in [-0.39, 0.29) is 23.6 Å². The Balaban J connectivity index is 1.51. The number of H-pyrrole nitrogens is 1. The van der Waals surface area contributed by atoms with Gasteiger partial charge in [0.15, 0.2) is 0 Å². The van der Waals surface area contributed by atoms with Crippen molar-refractivity contribution in [3.05, 3.63) is 115 Å². The van der Waals surface area contributed by atoms with E-state index in [2.05, 4.69) is 10.3 Å². The topological polar surface area (TPSA) is 127 Å². The van der Waals surface area contributed by atoms with Crippen molar-refractivity contribution in [1.82, 2.24) is 9.88 Å². The minimum Gasteiger partial charge on any atom is -0.433 e. The normalized spacial score (nSPS) is 14.7. The van der Waals surface area contributed by atoms with Crippen molar-refractivity contribution in [1.29, 1.82) is 0 Å². The van der Waals surface area contributed by atoms with Gasteiger partial charge in [-0.2, -0.15) is 0 Å². The molecule has 2 N–H and O–H groups in total. The Kier molecular flexibility index (Phi) is 7.45. The summed E-state index contributed by atoms with van der Waals surface area (Å²) in [6, 6.07) is 17.5. The number of nitrogens with zero attached hydrogens (tertiary/aromatic N) is 2. The number of allylic oxidation sites excluding steroid dienone is 2. The van der Waals surface area contributed by atoms with Gasteiger partial charge in [-0.05, 0) is 31.2 Å². The monoisotopic (exact) mass is 490 g/mol. The predicted molar refractivity (Wildman–Crippen MR) is 134 cm³/mol. The molecule has 1 atom stereocenters. The van der Waals surface area contributed by atoms with E-state index < -0.39 is 22.6 Å². The summed E-state index contributed by atoms with van der Waals surface area (Å²) in [5.74, 6) is -0.707. The molecule has 0 saturated carbocycles. The van der Waals surface area contributed by atoms with Crippen LogP contribution in [0.5, 0.6) is 0 Å². The van der Waals surface area contributed by atoms with Gasteiger partial charge in [0.1, 0.15) is 12.4 Å². The second-order valence-electron chi connectivity index (χ2n) is 8.46. The van der Waals surface area contributed by atoms with Gasteiger partial charge in [-0.25, -0.2) is 4.79 Å². The zero-order valence-electron chi connectivity index (χ0n) is 19.9. The summed E-state index contributed by atoms with van der Waals surface area (Å²) in [5, 5.41) is 14.4. The number of aromatic amines is 1. The zero-order chi connectivity index (χ0) is 25.7. The van der Waals surface area contributed by atoms with Crippen LogP contribution in [-0.2, 0) is 16.0 Å². The van der Waals surface area contributed by atoms with E-state index >= 15 is 0 Å². The average molecular weight is 491 g/mol. The van der Waals surface area contributed by atoms with Crippen molar-refractivity contribution >= 4 is 17.5 Å². The lowest BCUT2D eigenvalue weighted by Crippen LogP contribution is -2.29. The zero-order valence-corrected chi connectivity index (χ0v) is 19.9. The number of hydrogen-bond acceptors (Lipinski definition) is 8. The molecule has 1 aliphatic heterocycles. The lowest BCUT2D eigenvalue weighted by molar-refractivity contribution is -0.384. The summed E-state index contributed by atoms with van der Waals surface area (Å²) in [6.45, 7) is 2.98. The van der Waals surface area contributed by atoms with Gasteiger partial charge in [-0.15, -0.1) is 0 Å². The SMILES string of the molecule is CC1=C(OC(=O)OCCN(C)Cc2ccccc2)C(c2cccc([N+](=O)[O-])c2)c2c(cc[nH]c2=O)N1. The van der Waals surface area contributed by atoms with Gasteiger partial charge >= 0.3 is 6.16 Å². The van der Waals surface area contributed by atoms with Crippen molar-refractivity contribution in [2.24, 2.45) is 0 Å². The Bertz CT molecular complexity index is 1350. The van der Waals surface area contributed by atoms with Crippen LogP contribution in [0.15, 0.2) is 83.1 Å². The Labute approximate surface area is 207 Å². The van der Waals surface area contributed by atoms with Crippen LogP contribution in [0.2, 0.25) is 0 Å². The third-order valence-electron chi connectivity index (χ3n) is 5.84. The van der Waals surface area contributed by atoms with Crippen LogP contribution in [0.4, 0.5) is 16.2 Å². The van der Waals surface area contributed by atoms with Gasteiger partial charge in [-0.1, -0.05) is 42.5 Å². The van der Waals surface area contributed by atoms with Gasteiger partial charge in [-0.3, -0.25) is 19.8 Å². The highest BCUT2D eigenvalue weighted by Gasteiger charge is 2.34. The molecule has 0 saturated heterocycles. The fourth-order valence-electron chi connectivity index (χ4n) is 4.15. The van der Waals surface area contributed by atoms with Crippen molar-refractivity contribution in [3.63, 3.8) is 0 Å². The molecule has 0 spiro atoms. The first-order valence-corrected chi connectivity index (χ1v) is 11.3. The molecule has 2 aromatic carbocycles. The van der Waals surface area contributed by atoms with Crippen LogP contribution in [0.25, 0.3) is 0 Å². The fourth-order valence-corrected chi connectivity index (χ4v) is 4.15. The number of aromatic nitrogens is 1. The molecular formula is C26H26N4O6. The second kappa shape index (κ2) is 10.9. The van der Waals surface area contributed by atoms with Crippen LogP contribution in [0.3, 0.4) is 0 Å². The molecule has 36 heavy (non-hydrogen) atoms. The Hall–Kier alpha value is -4.44. The summed E-state index contributed by atoms with van der Waals surface area (Å²) < 4.78 is 10.9. The highest BCUT2D eigenvalue weighted by Crippen LogP contribution is 2.41. The van der Waals surface area contributed by atoms with Crippen LogP contribution < -0.4 is 10.9 Å². The molecular weight excluding hydrogens is 464 g/mol. The number of fused-ring (bicyclic) bond motifs is 1. The molecule has 4 rings (SSSR count).